The highest BCUT2D eigenvalue weighted by Gasteiger charge is 2.20. The van der Waals surface area contributed by atoms with E-state index in [-0.39, 0.29) is 0 Å². The molecule has 1 aromatic rings. The summed E-state index contributed by atoms with van der Waals surface area (Å²) in [6, 6.07) is 4.97. The molecule has 1 aliphatic carbocycles. The van der Waals surface area contributed by atoms with Crippen LogP contribution in [0.15, 0.2) is 18.2 Å². The van der Waals surface area contributed by atoms with Crippen molar-refractivity contribution in [3.05, 3.63) is 29.3 Å². The van der Waals surface area contributed by atoms with Crippen LogP contribution < -0.4 is 11.5 Å². The molecular weight excluding hydrogens is 260 g/mol. The monoisotopic (exact) mass is 280 g/mol. The van der Waals surface area contributed by atoms with Crippen molar-refractivity contribution in [3.63, 3.8) is 0 Å². The molecule has 1 saturated carbocycles. The lowest BCUT2D eigenvalue weighted by atomic mass is 10.0. The summed E-state index contributed by atoms with van der Waals surface area (Å²) < 4.78 is 12.3. The molecule has 0 bridgehead atoms. The summed E-state index contributed by atoms with van der Waals surface area (Å²) in [5.74, 6) is -0.0260. The summed E-state index contributed by atoms with van der Waals surface area (Å²) in [6.45, 7) is 0. The Morgan fingerprint density at radius 1 is 1.26 bits per heavy atom. The molecule has 0 aliphatic heterocycles. The summed E-state index contributed by atoms with van der Waals surface area (Å²) in [4.78, 5) is 11.0. The van der Waals surface area contributed by atoms with Crippen LogP contribution in [0.25, 0.3) is 0 Å². The van der Waals surface area contributed by atoms with Crippen molar-refractivity contribution in [2.45, 2.75) is 43.1 Å². The van der Waals surface area contributed by atoms with Gasteiger partial charge in [0.05, 0.1) is 5.75 Å². The van der Waals surface area contributed by atoms with Gasteiger partial charge in [0.1, 0.15) is 0 Å². The van der Waals surface area contributed by atoms with Gasteiger partial charge in [-0.15, -0.1) is 0 Å². The van der Waals surface area contributed by atoms with Crippen LogP contribution in [0.5, 0.6) is 0 Å². The van der Waals surface area contributed by atoms with Crippen LogP contribution in [-0.4, -0.2) is 15.4 Å². The number of primary amides is 1. The molecule has 5 heteroatoms. The van der Waals surface area contributed by atoms with Crippen LogP contribution in [-0.2, 0) is 16.6 Å². The number of nitrogen functional groups attached to an aromatic ring is 1. The first-order valence-corrected chi connectivity index (χ1v) is 8.01. The molecule has 104 valence electrons. The third kappa shape index (κ3) is 3.56. The number of nitrogens with two attached hydrogens (primary N) is 2. The van der Waals surface area contributed by atoms with E-state index in [1.807, 2.05) is 0 Å². The third-order valence-corrected chi connectivity index (χ3v) is 5.46. The van der Waals surface area contributed by atoms with Gasteiger partial charge in [0.25, 0.3) is 0 Å². The molecule has 1 fully saturated rings. The minimum atomic E-state index is -0.881. The van der Waals surface area contributed by atoms with E-state index in [0.29, 0.717) is 22.3 Å². The van der Waals surface area contributed by atoms with Gasteiger partial charge in [0, 0.05) is 27.3 Å². The minimum Gasteiger partial charge on any atom is -0.398 e. The van der Waals surface area contributed by atoms with Crippen molar-refractivity contribution in [2.24, 2.45) is 5.73 Å². The normalized spacial score (nSPS) is 18.1. The van der Waals surface area contributed by atoms with Crippen molar-refractivity contribution in [3.8, 4) is 0 Å². The Morgan fingerprint density at radius 2 is 1.95 bits per heavy atom. The Bertz CT molecular complexity index is 496. The van der Waals surface area contributed by atoms with Crippen LogP contribution in [0.4, 0.5) is 5.69 Å². The number of carbonyl (C=O) groups is 1. The highest BCUT2D eigenvalue weighted by atomic mass is 32.2. The van der Waals surface area contributed by atoms with Crippen molar-refractivity contribution in [1.29, 1.82) is 0 Å². The van der Waals surface area contributed by atoms with Crippen molar-refractivity contribution >= 4 is 22.4 Å². The Labute approximate surface area is 116 Å². The molecule has 0 aromatic heterocycles. The summed E-state index contributed by atoms with van der Waals surface area (Å²) in [6.07, 6.45) is 5.69. The fraction of sp³-hybridized carbons (Fsp3) is 0.500. The van der Waals surface area contributed by atoms with Crippen LogP contribution in [0, 0.1) is 0 Å². The number of benzene rings is 1. The average Bonchev–Trinajstić information content (AvgIpc) is 2.41. The Morgan fingerprint density at radius 3 is 2.53 bits per heavy atom. The van der Waals surface area contributed by atoms with Crippen LogP contribution in [0.3, 0.4) is 0 Å². The SMILES string of the molecule is NC(=O)c1ccc(CS(=O)C2CCCCC2)c(N)c1. The largest absolute Gasteiger partial charge is 0.398 e. The van der Waals surface area contributed by atoms with Gasteiger partial charge in [-0.1, -0.05) is 25.3 Å². The lowest BCUT2D eigenvalue weighted by Crippen LogP contribution is -2.20. The van der Waals surface area contributed by atoms with Gasteiger partial charge in [-0.2, -0.15) is 0 Å². The first kappa shape index (κ1) is 14.1. The van der Waals surface area contributed by atoms with E-state index in [1.165, 1.54) is 19.3 Å². The average molecular weight is 280 g/mol. The van der Waals surface area contributed by atoms with Crippen LogP contribution in [0.2, 0.25) is 0 Å². The number of anilines is 1. The molecule has 1 amide bonds. The highest BCUT2D eigenvalue weighted by molar-refractivity contribution is 7.84. The second-order valence-corrected chi connectivity index (χ2v) is 6.78. The highest BCUT2D eigenvalue weighted by Crippen LogP contribution is 2.25. The molecule has 0 radical (unpaired) electrons. The second kappa shape index (κ2) is 6.19. The lowest BCUT2D eigenvalue weighted by Gasteiger charge is -2.21. The predicted molar refractivity (Wildman–Crippen MR) is 78.1 cm³/mol. The zero-order valence-electron chi connectivity index (χ0n) is 10.9. The maximum atomic E-state index is 12.3. The van der Waals surface area contributed by atoms with Gasteiger partial charge in [-0.3, -0.25) is 9.00 Å². The standard InChI is InChI=1S/C14H20N2O2S/c15-13-8-10(14(16)17)6-7-11(13)9-19(18)12-4-2-1-3-5-12/h6-8,12H,1-5,9,15H2,(H2,16,17). The zero-order chi connectivity index (χ0) is 13.8. The molecule has 19 heavy (non-hydrogen) atoms. The first-order valence-electron chi connectivity index (χ1n) is 6.63. The maximum absolute atomic E-state index is 12.3. The van der Waals surface area contributed by atoms with Crippen LogP contribution in [0.1, 0.15) is 48.0 Å². The number of carbonyl (C=O) groups excluding carboxylic acids is 1. The lowest BCUT2D eigenvalue weighted by molar-refractivity contribution is 0.100. The fourth-order valence-corrected chi connectivity index (χ4v) is 4.14. The maximum Gasteiger partial charge on any atom is 0.248 e. The first-order chi connectivity index (χ1) is 9.08. The molecule has 2 rings (SSSR count). The van der Waals surface area contributed by atoms with E-state index >= 15 is 0 Å². The quantitative estimate of drug-likeness (QED) is 0.826. The van der Waals surface area contributed by atoms with Crippen molar-refractivity contribution in [2.75, 3.05) is 5.73 Å². The van der Waals surface area contributed by atoms with E-state index in [4.69, 9.17) is 11.5 Å². The van der Waals surface area contributed by atoms with Gasteiger partial charge in [-0.05, 0) is 30.5 Å². The van der Waals surface area contributed by atoms with Crippen molar-refractivity contribution < 1.29 is 9.00 Å². The molecule has 1 aromatic carbocycles. The van der Waals surface area contributed by atoms with Gasteiger partial charge in [0.15, 0.2) is 0 Å². The number of hydrogen-bond acceptors (Lipinski definition) is 3. The molecule has 1 aliphatic rings. The molecule has 4 N–H and O–H groups in total. The second-order valence-electron chi connectivity index (χ2n) is 5.06. The zero-order valence-corrected chi connectivity index (χ0v) is 11.7. The molecule has 0 heterocycles. The topological polar surface area (TPSA) is 86.2 Å². The predicted octanol–water partition coefficient (Wildman–Crippen LogP) is 1.95. The molecule has 0 spiro atoms. The number of hydrogen-bond donors (Lipinski definition) is 2. The van der Waals surface area contributed by atoms with Crippen molar-refractivity contribution in [1.82, 2.24) is 0 Å². The van der Waals surface area contributed by atoms with E-state index in [2.05, 4.69) is 0 Å². The van der Waals surface area contributed by atoms with E-state index in [1.54, 1.807) is 18.2 Å². The number of rotatable bonds is 4. The Balaban J connectivity index is 2.06. The minimum absolute atomic E-state index is 0.295. The molecule has 1 atom stereocenters. The van der Waals surface area contributed by atoms with E-state index in [0.717, 1.165) is 18.4 Å². The summed E-state index contributed by atoms with van der Waals surface area (Å²) in [7, 11) is -0.881. The smallest absolute Gasteiger partial charge is 0.248 e. The number of amides is 1. The van der Waals surface area contributed by atoms with E-state index in [9.17, 15) is 9.00 Å². The third-order valence-electron chi connectivity index (χ3n) is 3.65. The molecule has 0 saturated heterocycles. The van der Waals surface area contributed by atoms with Gasteiger partial charge in [0.2, 0.25) is 5.91 Å². The van der Waals surface area contributed by atoms with Gasteiger partial charge < -0.3 is 11.5 Å². The Kier molecular flexibility index (Phi) is 4.58. The molecule has 4 nitrogen and oxygen atoms in total. The Hall–Kier alpha value is -1.36. The van der Waals surface area contributed by atoms with Gasteiger partial charge in [-0.25, -0.2) is 0 Å². The molecule has 1 unspecified atom stereocenters. The fourth-order valence-electron chi connectivity index (χ4n) is 2.48. The molecular formula is C14H20N2O2S. The van der Waals surface area contributed by atoms with E-state index < -0.39 is 16.7 Å². The van der Waals surface area contributed by atoms with Crippen LogP contribution >= 0.6 is 0 Å². The summed E-state index contributed by atoms with van der Waals surface area (Å²) in [5.41, 5.74) is 12.8. The summed E-state index contributed by atoms with van der Waals surface area (Å²) in [5, 5.41) is 0.295. The summed E-state index contributed by atoms with van der Waals surface area (Å²) >= 11 is 0. The van der Waals surface area contributed by atoms with Gasteiger partial charge >= 0.3 is 0 Å².